The molecule has 0 saturated heterocycles. The van der Waals surface area contributed by atoms with Crippen molar-refractivity contribution in [2.45, 2.75) is 12.7 Å². The summed E-state index contributed by atoms with van der Waals surface area (Å²) < 4.78 is 39.4. The Balaban J connectivity index is 2.07. The van der Waals surface area contributed by atoms with E-state index in [4.69, 9.17) is 9.15 Å². The van der Waals surface area contributed by atoms with Gasteiger partial charge in [-0.3, -0.25) is 9.69 Å². The van der Waals surface area contributed by atoms with Crippen molar-refractivity contribution in [1.29, 1.82) is 0 Å². The van der Waals surface area contributed by atoms with Crippen LogP contribution in [0.15, 0.2) is 41.0 Å². The van der Waals surface area contributed by atoms with Gasteiger partial charge in [-0.15, -0.1) is 0 Å². The molecular weight excluding hydrogens is 334 g/mol. The highest BCUT2D eigenvalue weighted by Gasteiger charge is 2.19. The van der Waals surface area contributed by atoms with Gasteiger partial charge in [0.1, 0.15) is 5.76 Å². The Kier molecular flexibility index (Phi) is 6.35. The second-order valence-corrected chi connectivity index (χ2v) is 5.45. The zero-order chi connectivity index (χ0) is 18.4. The van der Waals surface area contributed by atoms with Crippen LogP contribution in [0.1, 0.15) is 22.2 Å². The number of amides is 1. The summed E-state index contributed by atoms with van der Waals surface area (Å²) in [7, 11) is 5.06. The van der Waals surface area contributed by atoms with Gasteiger partial charge >= 0.3 is 6.61 Å². The van der Waals surface area contributed by atoms with Crippen LogP contribution < -0.4 is 14.8 Å². The Morgan fingerprint density at radius 1 is 1.28 bits per heavy atom. The quantitative estimate of drug-likeness (QED) is 0.790. The van der Waals surface area contributed by atoms with E-state index in [-0.39, 0.29) is 29.0 Å². The molecule has 6 nitrogen and oxygen atoms in total. The molecule has 0 radical (unpaired) electrons. The first kappa shape index (κ1) is 18.7. The lowest BCUT2D eigenvalue weighted by molar-refractivity contribution is -0.0512. The molecule has 0 aliphatic heterocycles. The van der Waals surface area contributed by atoms with Gasteiger partial charge < -0.3 is 19.2 Å². The SMILES string of the molecule is COc1cc(C(=O)NCC(c2ccco2)N(C)C)ccc1OC(F)F. The molecule has 1 amide bonds. The summed E-state index contributed by atoms with van der Waals surface area (Å²) in [4.78, 5) is 14.3. The van der Waals surface area contributed by atoms with Crippen LogP contribution in [0, 0.1) is 0 Å². The van der Waals surface area contributed by atoms with Crippen molar-refractivity contribution in [2.75, 3.05) is 27.7 Å². The molecule has 2 rings (SSSR count). The van der Waals surface area contributed by atoms with Gasteiger partial charge in [-0.1, -0.05) is 0 Å². The van der Waals surface area contributed by atoms with Crippen LogP contribution >= 0.6 is 0 Å². The fraction of sp³-hybridized carbons (Fsp3) is 0.353. The van der Waals surface area contributed by atoms with Crippen LogP contribution in [0.4, 0.5) is 8.78 Å². The van der Waals surface area contributed by atoms with Gasteiger partial charge in [-0.05, 0) is 44.4 Å². The second kappa shape index (κ2) is 8.48. The lowest BCUT2D eigenvalue weighted by Gasteiger charge is -2.22. The van der Waals surface area contributed by atoms with Crippen molar-refractivity contribution in [3.63, 3.8) is 0 Å². The number of ether oxygens (including phenoxy) is 2. The monoisotopic (exact) mass is 354 g/mol. The number of carbonyl (C=O) groups is 1. The number of nitrogens with zero attached hydrogens (tertiary/aromatic N) is 1. The van der Waals surface area contributed by atoms with Crippen LogP contribution in [-0.4, -0.2) is 45.2 Å². The number of methoxy groups -OCH3 is 1. The van der Waals surface area contributed by atoms with E-state index in [1.165, 1.54) is 25.3 Å². The van der Waals surface area contributed by atoms with Crippen LogP contribution in [0.5, 0.6) is 11.5 Å². The number of nitrogens with one attached hydrogen (secondary N) is 1. The molecule has 1 unspecified atom stereocenters. The van der Waals surface area contributed by atoms with E-state index in [2.05, 4.69) is 10.1 Å². The van der Waals surface area contributed by atoms with Crippen LogP contribution in [0.2, 0.25) is 0 Å². The average Bonchev–Trinajstić information content (AvgIpc) is 3.08. The summed E-state index contributed by atoms with van der Waals surface area (Å²) in [6, 6.07) is 7.49. The van der Waals surface area contributed by atoms with Crippen molar-refractivity contribution in [1.82, 2.24) is 10.2 Å². The van der Waals surface area contributed by atoms with E-state index in [9.17, 15) is 13.6 Å². The number of likely N-dealkylation sites (N-methyl/N-ethyl adjacent to an activating group) is 1. The minimum Gasteiger partial charge on any atom is -0.493 e. The van der Waals surface area contributed by atoms with Crippen LogP contribution in [0.3, 0.4) is 0 Å². The normalized spacial score (nSPS) is 12.3. The van der Waals surface area contributed by atoms with Gasteiger partial charge in [0, 0.05) is 12.1 Å². The Hall–Kier alpha value is -2.61. The lowest BCUT2D eigenvalue weighted by atomic mass is 10.1. The van der Waals surface area contributed by atoms with Gasteiger partial charge in [-0.25, -0.2) is 0 Å². The summed E-state index contributed by atoms with van der Waals surface area (Å²) in [5, 5.41) is 2.80. The van der Waals surface area contributed by atoms with Gasteiger partial charge in [0.25, 0.3) is 5.91 Å². The van der Waals surface area contributed by atoms with E-state index in [0.717, 1.165) is 5.76 Å². The van der Waals surface area contributed by atoms with E-state index >= 15 is 0 Å². The first-order chi connectivity index (χ1) is 11.9. The van der Waals surface area contributed by atoms with Crippen molar-refractivity contribution < 1.29 is 27.5 Å². The first-order valence-electron chi connectivity index (χ1n) is 7.53. The minimum absolute atomic E-state index is 0.0585. The van der Waals surface area contributed by atoms with E-state index in [0.29, 0.717) is 6.54 Å². The van der Waals surface area contributed by atoms with Crippen LogP contribution in [0.25, 0.3) is 0 Å². The maximum atomic E-state index is 12.3. The van der Waals surface area contributed by atoms with E-state index in [1.807, 2.05) is 25.1 Å². The number of furan rings is 1. The summed E-state index contributed by atoms with van der Waals surface area (Å²) in [6.45, 7) is -2.65. The molecule has 1 heterocycles. The molecule has 25 heavy (non-hydrogen) atoms. The topological polar surface area (TPSA) is 63.9 Å². The fourth-order valence-electron chi connectivity index (χ4n) is 2.31. The molecule has 8 heteroatoms. The van der Waals surface area contributed by atoms with E-state index in [1.54, 1.807) is 12.3 Å². The third-order valence-corrected chi connectivity index (χ3v) is 3.59. The van der Waals surface area contributed by atoms with Gasteiger partial charge in [0.05, 0.1) is 19.4 Å². The number of hydrogen-bond donors (Lipinski definition) is 1. The summed E-state index contributed by atoms with van der Waals surface area (Å²) in [5.41, 5.74) is 0.274. The molecule has 1 aromatic heterocycles. The molecule has 1 atom stereocenters. The maximum absolute atomic E-state index is 12.3. The Labute approximate surface area is 144 Å². The molecule has 1 N–H and O–H groups in total. The minimum atomic E-state index is -2.97. The standard InChI is InChI=1S/C17H20F2N2O4/c1-21(2)12(13-5-4-8-24-13)10-20-16(22)11-6-7-14(25-17(18)19)15(9-11)23-3/h4-9,12,17H,10H2,1-3H3,(H,20,22). The third-order valence-electron chi connectivity index (χ3n) is 3.59. The molecule has 2 aromatic rings. The molecule has 0 spiro atoms. The van der Waals surface area contributed by atoms with Crippen LogP contribution in [-0.2, 0) is 0 Å². The average molecular weight is 354 g/mol. The summed E-state index contributed by atoms with van der Waals surface area (Å²) in [5.74, 6) is 0.294. The van der Waals surface area contributed by atoms with Crippen molar-refractivity contribution in [3.8, 4) is 11.5 Å². The number of alkyl halides is 2. The fourth-order valence-corrected chi connectivity index (χ4v) is 2.31. The first-order valence-corrected chi connectivity index (χ1v) is 7.53. The number of halogens is 2. The predicted octanol–water partition coefficient (Wildman–Crippen LogP) is 2.92. The molecule has 136 valence electrons. The zero-order valence-electron chi connectivity index (χ0n) is 14.2. The number of benzene rings is 1. The largest absolute Gasteiger partial charge is 0.493 e. The maximum Gasteiger partial charge on any atom is 0.387 e. The van der Waals surface area contributed by atoms with Gasteiger partial charge in [0.15, 0.2) is 11.5 Å². The number of carbonyl (C=O) groups excluding carboxylic acids is 1. The van der Waals surface area contributed by atoms with Gasteiger partial charge in [0.2, 0.25) is 0 Å². The summed E-state index contributed by atoms with van der Waals surface area (Å²) in [6.07, 6.45) is 1.57. The van der Waals surface area contributed by atoms with E-state index < -0.39 is 6.61 Å². The Bertz CT molecular complexity index is 690. The molecule has 1 aromatic carbocycles. The number of rotatable bonds is 8. The molecular formula is C17H20F2N2O4. The van der Waals surface area contributed by atoms with Gasteiger partial charge in [-0.2, -0.15) is 8.78 Å². The zero-order valence-corrected chi connectivity index (χ0v) is 14.2. The number of hydrogen-bond acceptors (Lipinski definition) is 5. The lowest BCUT2D eigenvalue weighted by Crippen LogP contribution is -2.34. The predicted molar refractivity (Wildman–Crippen MR) is 87.1 cm³/mol. The Morgan fingerprint density at radius 2 is 2.04 bits per heavy atom. The molecule has 0 aliphatic rings. The van der Waals surface area contributed by atoms with Crippen molar-refractivity contribution in [2.24, 2.45) is 0 Å². The Morgan fingerprint density at radius 3 is 2.60 bits per heavy atom. The smallest absolute Gasteiger partial charge is 0.387 e. The highest BCUT2D eigenvalue weighted by atomic mass is 19.3. The molecule has 0 saturated carbocycles. The molecule has 0 aliphatic carbocycles. The molecule has 0 bridgehead atoms. The highest BCUT2D eigenvalue weighted by Crippen LogP contribution is 2.29. The molecule has 0 fully saturated rings. The second-order valence-electron chi connectivity index (χ2n) is 5.45. The summed E-state index contributed by atoms with van der Waals surface area (Å²) >= 11 is 0. The third kappa shape index (κ3) is 4.93. The highest BCUT2D eigenvalue weighted by molar-refractivity contribution is 5.94. The van der Waals surface area contributed by atoms with Crippen molar-refractivity contribution in [3.05, 3.63) is 47.9 Å². The van der Waals surface area contributed by atoms with Crippen molar-refractivity contribution >= 4 is 5.91 Å².